The van der Waals surface area contributed by atoms with Gasteiger partial charge >= 0.3 is 6.18 Å². The number of pyridine rings is 1. The summed E-state index contributed by atoms with van der Waals surface area (Å²) >= 11 is 0. The maximum Gasteiger partial charge on any atom is 0.433 e. The van der Waals surface area contributed by atoms with Gasteiger partial charge in [-0.3, -0.25) is 4.79 Å². The molecule has 170 valence electrons. The van der Waals surface area contributed by atoms with Gasteiger partial charge in [-0.15, -0.1) is 0 Å². The number of carbonyl (C=O) groups is 1. The normalized spacial score (nSPS) is 19.7. The van der Waals surface area contributed by atoms with Crippen LogP contribution in [0.3, 0.4) is 0 Å². The molecular formula is C20H19F5N6O. The van der Waals surface area contributed by atoms with Crippen molar-refractivity contribution >= 4 is 11.7 Å². The maximum absolute atomic E-state index is 13.4. The number of piperidine rings is 1. The number of alkyl halides is 5. The van der Waals surface area contributed by atoms with Crippen molar-refractivity contribution in [2.45, 2.75) is 38.8 Å². The quantitative estimate of drug-likeness (QED) is 0.558. The first-order valence-corrected chi connectivity index (χ1v) is 9.88. The number of fused-ring (bicyclic) bond motifs is 1. The molecule has 0 aromatic carbocycles. The summed E-state index contributed by atoms with van der Waals surface area (Å²) in [4.78, 5) is 25.7. The number of halogens is 5. The van der Waals surface area contributed by atoms with E-state index < -0.39 is 29.9 Å². The van der Waals surface area contributed by atoms with Crippen LogP contribution in [0.2, 0.25) is 0 Å². The molecule has 0 bridgehead atoms. The fourth-order valence-electron chi connectivity index (χ4n) is 3.99. The highest BCUT2D eigenvalue weighted by Crippen LogP contribution is 2.35. The molecule has 0 aliphatic carbocycles. The molecule has 2 atom stereocenters. The lowest BCUT2D eigenvalue weighted by atomic mass is 9.84. The fraction of sp³-hybridized carbons (Fsp3) is 0.450. The van der Waals surface area contributed by atoms with Crippen molar-refractivity contribution in [3.05, 3.63) is 52.9 Å². The third-order valence-corrected chi connectivity index (χ3v) is 5.64. The van der Waals surface area contributed by atoms with Gasteiger partial charge in [-0.1, -0.05) is 6.92 Å². The van der Waals surface area contributed by atoms with Crippen LogP contribution in [-0.4, -0.2) is 48.5 Å². The molecule has 0 saturated carbocycles. The second-order valence-corrected chi connectivity index (χ2v) is 7.88. The van der Waals surface area contributed by atoms with Crippen molar-refractivity contribution in [1.29, 1.82) is 0 Å². The Morgan fingerprint density at radius 1 is 1.19 bits per heavy atom. The topological polar surface area (TPSA) is 76.3 Å². The van der Waals surface area contributed by atoms with Crippen LogP contribution in [0.5, 0.6) is 0 Å². The smallest absolute Gasteiger partial charge is 0.338 e. The Morgan fingerprint density at radius 2 is 1.94 bits per heavy atom. The second-order valence-electron chi connectivity index (χ2n) is 7.88. The minimum Gasteiger partial charge on any atom is -0.338 e. The molecule has 1 aliphatic rings. The van der Waals surface area contributed by atoms with Gasteiger partial charge in [-0.2, -0.15) is 23.3 Å². The van der Waals surface area contributed by atoms with Crippen molar-refractivity contribution < 1.29 is 26.7 Å². The van der Waals surface area contributed by atoms with Crippen LogP contribution >= 0.6 is 0 Å². The molecule has 7 nitrogen and oxygen atoms in total. The minimum absolute atomic E-state index is 0.00397. The Bertz CT molecular complexity index is 1160. The molecule has 32 heavy (non-hydrogen) atoms. The van der Waals surface area contributed by atoms with E-state index in [9.17, 15) is 26.7 Å². The third kappa shape index (κ3) is 4.13. The van der Waals surface area contributed by atoms with Crippen molar-refractivity contribution in [2.24, 2.45) is 5.92 Å². The van der Waals surface area contributed by atoms with E-state index >= 15 is 0 Å². The molecule has 0 spiro atoms. The first kappa shape index (κ1) is 22.0. The number of aromatic nitrogens is 5. The van der Waals surface area contributed by atoms with Crippen LogP contribution in [0.1, 0.15) is 58.8 Å². The molecule has 3 aromatic rings. The Morgan fingerprint density at radius 3 is 2.62 bits per heavy atom. The summed E-state index contributed by atoms with van der Waals surface area (Å²) < 4.78 is 67.5. The third-order valence-electron chi connectivity index (χ3n) is 5.64. The number of hydrogen-bond donors (Lipinski definition) is 0. The predicted molar refractivity (Wildman–Crippen MR) is 102 cm³/mol. The highest BCUT2D eigenvalue weighted by molar-refractivity contribution is 5.94. The molecule has 1 fully saturated rings. The zero-order chi connectivity index (χ0) is 23.2. The van der Waals surface area contributed by atoms with Crippen molar-refractivity contribution in [3.63, 3.8) is 0 Å². The van der Waals surface area contributed by atoms with Gasteiger partial charge in [-0.25, -0.2) is 23.3 Å². The molecule has 1 saturated heterocycles. The lowest BCUT2D eigenvalue weighted by molar-refractivity contribution is -0.141. The standard InChI is InChI=1S/C20H19F5N6O/c1-10-3-4-30(18(32)12-5-11(2)28-16(6-12)20(23,24)25)8-13(10)15-7-14(17(21)22)29-19-26-9-27-31(15)19/h5-7,9-10,13,17H,3-4,8H2,1-2H3/t10?,13-/m1/s1. The minimum atomic E-state index is -4.68. The largest absolute Gasteiger partial charge is 0.433 e. The molecule has 1 aliphatic heterocycles. The molecular weight excluding hydrogens is 435 g/mol. The summed E-state index contributed by atoms with van der Waals surface area (Å²) in [7, 11) is 0. The monoisotopic (exact) mass is 454 g/mol. The van der Waals surface area contributed by atoms with Gasteiger partial charge < -0.3 is 4.90 Å². The number of amides is 1. The fourth-order valence-corrected chi connectivity index (χ4v) is 3.99. The summed E-state index contributed by atoms with van der Waals surface area (Å²) in [6, 6.07) is 3.29. The Hall–Kier alpha value is -3.18. The van der Waals surface area contributed by atoms with Gasteiger partial charge in [0.1, 0.15) is 17.7 Å². The van der Waals surface area contributed by atoms with Crippen LogP contribution in [0.25, 0.3) is 5.78 Å². The number of likely N-dealkylation sites (tertiary alicyclic amines) is 1. The SMILES string of the molecule is Cc1cc(C(=O)N2CCC(C)[C@H](c3cc(C(F)F)nc4ncnn34)C2)cc(C(F)(F)F)n1. The molecule has 0 radical (unpaired) electrons. The number of rotatable bonds is 3. The number of nitrogens with zero attached hydrogens (tertiary/aromatic N) is 6. The number of carbonyl (C=O) groups excluding carboxylic acids is 1. The van der Waals surface area contributed by atoms with Crippen LogP contribution in [0.15, 0.2) is 24.5 Å². The molecule has 4 heterocycles. The second kappa shape index (κ2) is 8.06. The first-order chi connectivity index (χ1) is 15.0. The van der Waals surface area contributed by atoms with E-state index in [1.54, 1.807) is 0 Å². The van der Waals surface area contributed by atoms with Gasteiger partial charge in [-0.05, 0) is 37.5 Å². The summed E-state index contributed by atoms with van der Waals surface area (Å²) in [6.07, 6.45) is -5.75. The predicted octanol–water partition coefficient (Wildman–Crippen LogP) is 4.05. The zero-order valence-corrected chi connectivity index (χ0v) is 17.1. The first-order valence-electron chi connectivity index (χ1n) is 9.88. The summed E-state index contributed by atoms with van der Waals surface area (Å²) in [5, 5.41) is 4.07. The highest BCUT2D eigenvalue weighted by Gasteiger charge is 2.36. The Kier molecular flexibility index (Phi) is 5.55. The van der Waals surface area contributed by atoms with Crippen LogP contribution < -0.4 is 0 Å². The van der Waals surface area contributed by atoms with Gasteiger partial charge in [0.2, 0.25) is 0 Å². The lowest BCUT2D eigenvalue weighted by Gasteiger charge is -2.37. The lowest BCUT2D eigenvalue weighted by Crippen LogP contribution is -2.42. The molecule has 0 N–H and O–H groups in total. The highest BCUT2D eigenvalue weighted by atomic mass is 19.4. The molecule has 12 heteroatoms. The van der Waals surface area contributed by atoms with Gasteiger partial charge in [0.25, 0.3) is 18.1 Å². The van der Waals surface area contributed by atoms with Crippen LogP contribution in [0, 0.1) is 12.8 Å². The van der Waals surface area contributed by atoms with E-state index in [1.807, 2.05) is 6.92 Å². The maximum atomic E-state index is 13.4. The van der Waals surface area contributed by atoms with Gasteiger partial charge in [0.05, 0.1) is 5.69 Å². The van der Waals surface area contributed by atoms with Crippen LogP contribution in [-0.2, 0) is 6.18 Å². The average molecular weight is 454 g/mol. The van der Waals surface area contributed by atoms with E-state index in [4.69, 9.17) is 0 Å². The summed E-state index contributed by atoms with van der Waals surface area (Å²) in [6.45, 7) is 3.77. The van der Waals surface area contributed by atoms with E-state index in [0.29, 0.717) is 18.7 Å². The Balaban J connectivity index is 1.68. The molecule has 1 amide bonds. The summed E-state index contributed by atoms with van der Waals surface area (Å²) in [5.41, 5.74) is -1.20. The number of aryl methyl sites for hydroxylation is 1. The van der Waals surface area contributed by atoms with E-state index in [0.717, 1.165) is 6.07 Å². The molecule has 4 rings (SSSR count). The molecule has 1 unspecified atom stereocenters. The molecule has 3 aromatic heterocycles. The van der Waals surface area contributed by atoms with Gasteiger partial charge in [0, 0.05) is 30.3 Å². The van der Waals surface area contributed by atoms with Crippen LogP contribution in [0.4, 0.5) is 22.0 Å². The van der Waals surface area contributed by atoms with Crippen molar-refractivity contribution in [2.75, 3.05) is 13.1 Å². The van der Waals surface area contributed by atoms with E-state index in [2.05, 4.69) is 20.1 Å². The Labute approximate surface area is 179 Å². The van der Waals surface area contributed by atoms with Crippen molar-refractivity contribution in [1.82, 2.24) is 29.5 Å². The van der Waals surface area contributed by atoms with E-state index in [-0.39, 0.29) is 35.4 Å². The van der Waals surface area contributed by atoms with Gasteiger partial charge in [0.15, 0.2) is 0 Å². The van der Waals surface area contributed by atoms with Crippen molar-refractivity contribution in [3.8, 4) is 0 Å². The number of hydrogen-bond acceptors (Lipinski definition) is 5. The average Bonchev–Trinajstić information content (AvgIpc) is 3.20. The zero-order valence-electron chi connectivity index (χ0n) is 17.1. The summed E-state index contributed by atoms with van der Waals surface area (Å²) in [5.74, 6) is -0.935. The van der Waals surface area contributed by atoms with E-state index in [1.165, 1.54) is 34.8 Å².